The predicted octanol–water partition coefficient (Wildman–Crippen LogP) is 1.62. The zero-order chi connectivity index (χ0) is 15.1. The molecule has 0 unspecified atom stereocenters. The predicted molar refractivity (Wildman–Crippen MR) is 82.2 cm³/mol. The minimum absolute atomic E-state index is 0.167. The number of hydrogen-bond acceptors (Lipinski definition) is 4. The second-order valence-electron chi connectivity index (χ2n) is 7.03. The summed E-state index contributed by atoms with van der Waals surface area (Å²) in [4.78, 5) is 2.40. The Morgan fingerprint density at radius 2 is 1.75 bits per heavy atom. The topological polar surface area (TPSA) is 56.3 Å². The molecule has 1 aromatic rings. The Labute approximate surface area is 122 Å². The molecular formula is C15H28N4O. The summed E-state index contributed by atoms with van der Waals surface area (Å²) in [5.41, 5.74) is 7.78. The maximum atomic E-state index is 6.16. The number of nitrogens with zero attached hydrogens (tertiary/aromatic N) is 3. The molecule has 0 radical (unpaired) electrons. The van der Waals surface area contributed by atoms with Crippen LogP contribution in [0, 0.1) is 6.92 Å². The summed E-state index contributed by atoms with van der Waals surface area (Å²) in [6, 6.07) is 0. The fourth-order valence-electron chi connectivity index (χ4n) is 3.46. The Kier molecular flexibility index (Phi) is 3.86. The van der Waals surface area contributed by atoms with E-state index in [9.17, 15) is 0 Å². The lowest BCUT2D eigenvalue weighted by atomic mass is 9.98. The van der Waals surface area contributed by atoms with Crippen molar-refractivity contribution in [3.8, 4) is 0 Å². The number of rotatable bonds is 3. The fourth-order valence-corrected chi connectivity index (χ4v) is 3.46. The van der Waals surface area contributed by atoms with Crippen LogP contribution in [0.3, 0.4) is 0 Å². The summed E-state index contributed by atoms with van der Waals surface area (Å²) >= 11 is 0. The molecule has 0 atom stereocenters. The Morgan fingerprint density at radius 3 is 2.25 bits per heavy atom. The third-order valence-corrected chi connectivity index (χ3v) is 3.70. The van der Waals surface area contributed by atoms with E-state index in [2.05, 4.69) is 44.6 Å². The van der Waals surface area contributed by atoms with Gasteiger partial charge in [0.1, 0.15) is 5.82 Å². The van der Waals surface area contributed by atoms with Gasteiger partial charge in [0.05, 0.1) is 16.9 Å². The molecule has 1 aromatic heterocycles. The zero-order valence-corrected chi connectivity index (χ0v) is 13.7. The number of aromatic nitrogens is 2. The molecule has 1 aliphatic rings. The minimum Gasteiger partial charge on any atom is -0.366 e. The fraction of sp³-hybridized carbons (Fsp3) is 0.800. The van der Waals surface area contributed by atoms with E-state index in [1.807, 2.05) is 11.7 Å². The Hall–Kier alpha value is -1.07. The summed E-state index contributed by atoms with van der Waals surface area (Å²) in [5.74, 6) is 1.19. The van der Waals surface area contributed by atoms with Crippen LogP contribution in [0.2, 0.25) is 0 Å². The lowest BCUT2D eigenvalue weighted by Gasteiger charge is -2.48. The molecule has 1 fully saturated rings. The molecule has 2 N–H and O–H groups in total. The molecule has 0 aliphatic carbocycles. The van der Waals surface area contributed by atoms with Crippen molar-refractivity contribution in [1.82, 2.24) is 9.78 Å². The maximum absolute atomic E-state index is 6.16. The summed E-state index contributed by atoms with van der Waals surface area (Å²) in [6.45, 7) is 13.0. The second kappa shape index (κ2) is 5.04. The summed E-state index contributed by atoms with van der Waals surface area (Å²) in [6.07, 6.45) is 0.868. The molecule has 1 saturated heterocycles. The van der Waals surface area contributed by atoms with Crippen LogP contribution in [-0.4, -0.2) is 40.6 Å². The van der Waals surface area contributed by atoms with Gasteiger partial charge in [-0.2, -0.15) is 5.10 Å². The van der Waals surface area contributed by atoms with E-state index in [4.69, 9.17) is 10.5 Å². The van der Waals surface area contributed by atoms with Crippen LogP contribution in [0.5, 0.6) is 0 Å². The van der Waals surface area contributed by atoms with Gasteiger partial charge in [0.2, 0.25) is 0 Å². The van der Waals surface area contributed by atoms with Crippen LogP contribution in [0.25, 0.3) is 0 Å². The molecule has 0 aromatic carbocycles. The highest BCUT2D eigenvalue weighted by Gasteiger charge is 2.39. The van der Waals surface area contributed by atoms with E-state index >= 15 is 0 Å². The van der Waals surface area contributed by atoms with Gasteiger partial charge in [-0.05, 0) is 47.6 Å². The van der Waals surface area contributed by atoms with E-state index in [1.165, 1.54) is 11.4 Å². The van der Waals surface area contributed by atoms with Crippen LogP contribution < -0.4 is 10.6 Å². The molecule has 1 aliphatic heterocycles. The third kappa shape index (κ3) is 2.99. The number of anilines is 1. The molecule has 0 saturated carbocycles. The third-order valence-electron chi connectivity index (χ3n) is 3.70. The van der Waals surface area contributed by atoms with E-state index in [-0.39, 0.29) is 11.2 Å². The van der Waals surface area contributed by atoms with Crippen molar-refractivity contribution in [1.29, 1.82) is 0 Å². The molecule has 2 heterocycles. The SMILES string of the molecule is Cc1nn(C)c(N2CC(C)(C)OC(C)(C)C2)c1CCN. The monoisotopic (exact) mass is 280 g/mol. The average molecular weight is 280 g/mol. The van der Waals surface area contributed by atoms with Gasteiger partial charge >= 0.3 is 0 Å². The van der Waals surface area contributed by atoms with Crippen LogP contribution >= 0.6 is 0 Å². The molecular weight excluding hydrogens is 252 g/mol. The smallest absolute Gasteiger partial charge is 0.130 e. The van der Waals surface area contributed by atoms with Crippen molar-refractivity contribution < 1.29 is 4.74 Å². The normalized spacial score (nSPS) is 21.2. The highest BCUT2D eigenvalue weighted by Crippen LogP contribution is 2.33. The minimum atomic E-state index is -0.167. The number of nitrogens with two attached hydrogens (primary N) is 1. The second-order valence-corrected chi connectivity index (χ2v) is 7.03. The first kappa shape index (κ1) is 15.3. The van der Waals surface area contributed by atoms with Crippen molar-refractivity contribution in [2.75, 3.05) is 24.5 Å². The highest BCUT2D eigenvalue weighted by atomic mass is 16.5. The number of aryl methyl sites for hydroxylation is 2. The van der Waals surface area contributed by atoms with Gasteiger partial charge in [0, 0.05) is 25.7 Å². The van der Waals surface area contributed by atoms with Gasteiger partial charge in [-0.3, -0.25) is 4.68 Å². The quantitative estimate of drug-likeness (QED) is 0.914. The molecule has 0 amide bonds. The molecule has 0 spiro atoms. The van der Waals surface area contributed by atoms with E-state index in [0.717, 1.165) is 25.2 Å². The van der Waals surface area contributed by atoms with Crippen LogP contribution in [-0.2, 0) is 18.2 Å². The number of ether oxygens (including phenoxy) is 1. The molecule has 114 valence electrons. The number of morpholine rings is 1. The first-order valence-corrected chi connectivity index (χ1v) is 7.33. The lowest BCUT2D eigenvalue weighted by molar-refractivity contribution is -0.133. The van der Waals surface area contributed by atoms with Crippen molar-refractivity contribution in [2.24, 2.45) is 12.8 Å². The maximum Gasteiger partial charge on any atom is 0.130 e. The molecule has 2 rings (SSSR count). The van der Waals surface area contributed by atoms with Gasteiger partial charge in [-0.1, -0.05) is 0 Å². The standard InChI is InChI=1S/C15H28N4O/c1-11-12(7-8-16)13(18(6)17-11)19-9-14(2,3)20-15(4,5)10-19/h7-10,16H2,1-6H3. The summed E-state index contributed by atoms with van der Waals surface area (Å²) in [5, 5.41) is 4.58. The van der Waals surface area contributed by atoms with Gasteiger partial charge in [-0.15, -0.1) is 0 Å². The van der Waals surface area contributed by atoms with Gasteiger partial charge < -0.3 is 15.4 Å². The van der Waals surface area contributed by atoms with Gasteiger partial charge in [0.15, 0.2) is 0 Å². The van der Waals surface area contributed by atoms with E-state index in [0.29, 0.717) is 6.54 Å². The Morgan fingerprint density at radius 1 is 1.20 bits per heavy atom. The highest BCUT2D eigenvalue weighted by molar-refractivity contribution is 5.51. The van der Waals surface area contributed by atoms with Crippen molar-refractivity contribution in [2.45, 2.75) is 52.2 Å². The van der Waals surface area contributed by atoms with Crippen LogP contribution in [0.4, 0.5) is 5.82 Å². The largest absolute Gasteiger partial charge is 0.366 e. The van der Waals surface area contributed by atoms with Crippen molar-refractivity contribution in [3.05, 3.63) is 11.3 Å². The van der Waals surface area contributed by atoms with Crippen LogP contribution in [0.1, 0.15) is 39.0 Å². The zero-order valence-electron chi connectivity index (χ0n) is 13.7. The van der Waals surface area contributed by atoms with Crippen molar-refractivity contribution in [3.63, 3.8) is 0 Å². The first-order chi connectivity index (χ1) is 9.15. The first-order valence-electron chi connectivity index (χ1n) is 7.33. The van der Waals surface area contributed by atoms with Gasteiger partial charge in [-0.25, -0.2) is 0 Å². The lowest BCUT2D eigenvalue weighted by Crippen LogP contribution is -2.57. The number of hydrogen-bond donors (Lipinski definition) is 1. The molecule has 5 nitrogen and oxygen atoms in total. The van der Waals surface area contributed by atoms with Crippen LogP contribution in [0.15, 0.2) is 0 Å². The Bertz CT molecular complexity index is 474. The van der Waals surface area contributed by atoms with E-state index in [1.54, 1.807) is 0 Å². The Balaban J connectivity index is 2.40. The van der Waals surface area contributed by atoms with Crippen molar-refractivity contribution >= 4 is 5.82 Å². The molecule has 5 heteroatoms. The molecule has 20 heavy (non-hydrogen) atoms. The summed E-state index contributed by atoms with van der Waals surface area (Å²) < 4.78 is 8.15. The summed E-state index contributed by atoms with van der Waals surface area (Å²) in [7, 11) is 2.01. The van der Waals surface area contributed by atoms with Gasteiger partial charge in [0.25, 0.3) is 0 Å². The molecule has 0 bridgehead atoms. The average Bonchev–Trinajstić information content (AvgIpc) is 2.50. The van der Waals surface area contributed by atoms with E-state index < -0.39 is 0 Å².